The summed E-state index contributed by atoms with van der Waals surface area (Å²) in [5.41, 5.74) is 5.18. The molecule has 0 saturated carbocycles. The topological polar surface area (TPSA) is 6.48 Å². The highest BCUT2D eigenvalue weighted by molar-refractivity contribution is 6.22. The Morgan fingerprint density at radius 1 is 0.724 bits per heavy atom. The van der Waals surface area contributed by atoms with Crippen molar-refractivity contribution in [1.29, 1.82) is 0 Å². The third-order valence-electron chi connectivity index (χ3n) is 5.34. The van der Waals surface area contributed by atoms with Crippen LogP contribution < -0.4 is 0 Å². The van der Waals surface area contributed by atoms with Crippen molar-refractivity contribution in [1.82, 2.24) is 9.80 Å². The molecule has 0 saturated heterocycles. The van der Waals surface area contributed by atoms with Crippen molar-refractivity contribution in [2.24, 2.45) is 0 Å². The Balaban J connectivity index is 1.51. The molecule has 0 amide bonds. The molecular formula is C26H27ClN2. The third-order valence-corrected chi connectivity index (χ3v) is 5.71. The Hall–Kier alpha value is -2.55. The van der Waals surface area contributed by atoms with E-state index in [1.807, 2.05) is 0 Å². The Morgan fingerprint density at radius 2 is 1.21 bits per heavy atom. The van der Waals surface area contributed by atoms with E-state index in [1.165, 1.54) is 22.4 Å². The maximum absolute atomic E-state index is 6.92. The van der Waals surface area contributed by atoms with Crippen molar-refractivity contribution >= 4 is 11.6 Å². The first kappa shape index (κ1) is 19.8. The number of hydrogen-bond acceptors (Lipinski definition) is 2. The van der Waals surface area contributed by atoms with Gasteiger partial charge in [0.2, 0.25) is 0 Å². The first-order valence-electron chi connectivity index (χ1n) is 10.2. The minimum Gasteiger partial charge on any atom is -0.365 e. The predicted octanol–water partition coefficient (Wildman–Crippen LogP) is 5.70. The molecule has 3 aromatic carbocycles. The Bertz CT molecular complexity index is 868. The zero-order valence-corrected chi connectivity index (χ0v) is 17.4. The van der Waals surface area contributed by atoms with Crippen molar-refractivity contribution < 1.29 is 0 Å². The zero-order chi connectivity index (χ0) is 19.9. The van der Waals surface area contributed by atoms with Gasteiger partial charge in [-0.1, -0.05) is 91.0 Å². The van der Waals surface area contributed by atoms with E-state index in [0.717, 1.165) is 32.7 Å². The molecule has 2 nitrogen and oxygen atoms in total. The van der Waals surface area contributed by atoms with Gasteiger partial charge in [0.25, 0.3) is 0 Å². The second kappa shape index (κ2) is 9.78. The van der Waals surface area contributed by atoms with Gasteiger partial charge in [0.15, 0.2) is 0 Å². The van der Waals surface area contributed by atoms with Crippen LogP contribution in [-0.4, -0.2) is 28.3 Å². The molecule has 1 unspecified atom stereocenters. The fraction of sp³-hybridized carbons (Fsp3) is 0.231. The Morgan fingerprint density at radius 3 is 1.69 bits per heavy atom. The lowest BCUT2D eigenvalue weighted by molar-refractivity contribution is 0.244. The molecule has 29 heavy (non-hydrogen) atoms. The van der Waals surface area contributed by atoms with E-state index in [-0.39, 0.29) is 5.38 Å². The summed E-state index contributed by atoms with van der Waals surface area (Å²) in [5, 5.41) is -0.0140. The molecule has 1 aliphatic heterocycles. The van der Waals surface area contributed by atoms with Gasteiger partial charge in [0.1, 0.15) is 0 Å². The van der Waals surface area contributed by atoms with Crippen LogP contribution in [0, 0.1) is 0 Å². The average molecular weight is 403 g/mol. The van der Waals surface area contributed by atoms with E-state index < -0.39 is 0 Å². The average Bonchev–Trinajstić information content (AvgIpc) is 2.76. The van der Waals surface area contributed by atoms with Crippen LogP contribution in [0.3, 0.4) is 0 Å². The standard InChI is InChI=1S/C26H27ClN2/c27-25-21-28(18-22-10-4-1-5-11-22)17-16-26(25)29(19-23-12-6-2-7-13-23)20-24-14-8-3-9-15-24/h1-16,25H,17-21H2. The molecule has 0 N–H and O–H groups in total. The lowest BCUT2D eigenvalue weighted by Gasteiger charge is -2.36. The summed E-state index contributed by atoms with van der Waals surface area (Å²) in [6.45, 7) is 4.45. The third kappa shape index (κ3) is 5.50. The van der Waals surface area contributed by atoms with Crippen molar-refractivity contribution in [2.45, 2.75) is 25.0 Å². The van der Waals surface area contributed by atoms with Crippen molar-refractivity contribution in [2.75, 3.05) is 13.1 Å². The molecule has 0 aliphatic carbocycles. The minimum atomic E-state index is -0.0140. The van der Waals surface area contributed by atoms with Crippen molar-refractivity contribution in [3.05, 3.63) is 119 Å². The summed E-state index contributed by atoms with van der Waals surface area (Å²) in [4.78, 5) is 4.85. The Kier molecular flexibility index (Phi) is 6.66. The quantitative estimate of drug-likeness (QED) is 0.468. The second-order valence-electron chi connectivity index (χ2n) is 7.60. The molecule has 4 rings (SSSR count). The van der Waals surface area contributed by atoms with Gasteiger partial charge in [-0.2, -0.15) is 0 Å². The molecule has 0 aromatic heterocycles. The fourth-order valence-electron chi connectivity index (χ4n) is 3.89. The van der Waals surface area contributed by atoms with E-state index in [1.54, 1.807) is 0 Å². The smallest absolute Gasteiger partial charge is 0.0858 e. The second-order valence-corrected chi connectivity index (χ2v) is 8.13. The maximum atomic E-state index is 6.92. The lowest BCUT2D eigenvalue weighted by Crippen LogP contribution is -2.40. The highest BCUT2D eigenvalue weighted by Crippen LogP contribution is 2.26. The fourth-order valence-corrected chi connectivity index (χ4v) is 4.31. The molecule has 1 atom stereocenters. The zero-order valence-electron chi connectivity index (χ0n) is 16.6. The largest absolute Gasteiger partial charge is 0.365 e. The monoisotopic (exact) mass is 402 g/mol. The van der Waals surface area contributed by atoms with Gasteiger partial charge in [0, 0.05) is 38.4 Å². The van der Waals surface area contributed by atoms with Gasteiger partial charge in [-0.05, 0) is 22.8 Å². The number of rotatable bonds is 7. The van der Waals surface area contributed by atoms with E-state index in [2.05, 4.69) is 107 Å². The molecule has 0 fully saturated rings. The van der Waals surface area contributed by atoms with Crippen LogP contribution in [-0.2, 0) is 19.6 Å². The van der Waals surface area contributed by atoms with Crippen LogP contribution in [0.2, 0.25) is 0 Å². The van der Waals surface area contributed by atoms with E-state index in [0.29, 0.717) is 0 Å². The molecule has 0 bridgehead atoms. The summed E-state index contributed by atoms with van der Waals surface area (Å²) >= 11 is 6.92. The summed E-state index contributed by atoms with van der Waals surface area (Å²) < 4.78 is 0. The molecule has 1 heterocycles. The van der Waals surface area contributed by atoms with Crippen LogP contribution in [0.15, 0.2) is 103 Å². The van der Waals surface area contributed by atoms with E-state index >= 15 is 0 Å². The molecule has 3 aromatic rings. The number of halogens is 1. The summed E-state index contributed by atoms with van der Waals surface area (Å²) in [5.74, 6) is 0. The van der Waals surface area contributed by atoms with E-state index in [9.17, 15) is 0 Å². The van der Waals surface area contributed by atoms with Gasteiger partial charge in [-0.15, -0.1) is 11.6 Å². The highest BCUT2D eigenvalue weighted by atomic mass is 35.5. The highest BCUT2D eigenvalue weighted by Gasteiger charge is 2.25. The summed E-state index contributed by atoms with van der Waals surface area (Å²) in [7, 11) is 0. The van der Waals surface area contributed by atoms with Crippen molar-refractivity contribution in [3.63, 3.8) is 0 Å². The first-order chi connectivity index (χ1) is 14.3. The number of benzene rings is 3. The SMILES string of the molecule is ClC1CN(Cc2ccccc2)CC=C1N(Cc1ccccc1)Cc1ccccc1. The number of nitrogens with zero attached hydrogens (tertiary/aromatic N) is 2. The number of alkyl halides is 1. The molecule has 148 valence electrons. The van der Waals surface area contributed by atoms with Crippen LogP contribution >= 0.6 is 11.6 Å². The van der Waals surface area contributed by atoms with E-state index in [4.69, 9.17) is 11.6 Å². The lowest BCUT2D eigenvalue weighted by atomic mass is 10.1. The van der Waals surface area contributed by atoms with Crippen molar-refractivity contribution in [3.8, 4) is 0 Å². The van der Waals surface area contributed by atoms with Gasteiger partial charge in [-0.3, -0.25) is 4.90 Å². The molecule has 3 heteroatoms. The van der Waals surface area contributed by atoms with Crippen LogP contribution in [0.5, 0.6) is 0 Å². The van der Waals surface area contributed by atoms with Crippen LogP contribution in [0.1, 0.15) is 16.7 Å². The molecule has 0 spiro atoms. The molecule has 0 radical (unpaired) electrons. The molecular weight excluding hydrogens is 376 g/mol. The maximum Gasteiger partial charge on any atom is 0.0858 e. The van der Waals surface area contributed by atoms with Gasteiger partial charge in [0.05, 0.1) is 5.38 Å². The normalized spacial score (nSPS) is 17.0. The number of hydrogen-bond donors (Lipinski definition) is 0. The van der Waals surface area contributed by atoms with Gasteiger partial charge < -0.3 is 4.90 Å². The summed E-state index contributed by atoms with van der Waals surface area (Å²) in [6.07, 6.45) is 2.32. The predicted molar refractivity (Wildman–Crippen MR) is 122 cm³/mol. The minimum absolute atomic E-state index is 0.0140. The van der Waals surface area contributed by atoms with Gasteiger partial charge >= 0.3 is 0 Å². The van der Waals surface area contributed by atoms with Crippen LogP contribution in [0.4, 0.5) is 0 Å². The Labute approximate surface area is 179 Å². The molecule has 1 aliphatic rings. The first-order valence-corrected chi connectivity index (χ1v) is 10.6. The van der Waals surface area contributed by atoms with Crippen LogP contribution in [0.25, 0.3) is 0 Å². The summed E-state index contributed by atoms with van der Waals surface area (Å²) in [6, 6.07) is 31.9. The van der Waals surface area contributed by atoms with Gasteiger partial charge in [-0.25, -0.2) is 0 Å².